The summed E-state index contributed by atoms with van der Waals surface area (Å²) in [4.78, 5) is 17.0. The van der Waals surface area contributed by atoms with Crippen LogP contribution in [-0.2, 0) is 6.42 Å². The molecule has 2 aromatic rings. The predicted octanol–water partition coefficient (Wildman–Crippen LogP) is 4.44. The maximum atomic E-state index is 12.7. The Kier molecular flexibility index (Phi) is 5.03. The van der Waals surface area contributed by atoms with Crippen LogP contribution in [0.2, 0.25) is 0 Å². The lowest BCUT2D eigenvalue weighted by Crippen LogP contribution is -2.41. The maximum Gasteiger partial charge on any atom is 0.336 e. The van der Waals surface area contributed by atoms with Gasteiger partial charge in [-0.3, -0.25) is 4.90 Å². The van der Waals surface area contributed by atoms with Crippen molar-refractivity contribution in [3.63, 3.8) is 0 Å². The van der Waals surface area contributed by atoms with Crippen molar-refractivity contribution in [3.8, 4) is 0 Å². The Labute approximate surface area is 169 Å². The minimum absolute atomic E-state index is 0.0689. The number of benzene rings is 1. The van der Waals surface area contributed by atoms with Crippen molar-refractivity contribution in [2.45, 2.75) is 39.7 Å². The molecule has 2 heterocycles. The minimum Gasteiger partial charge on any atom is -0.324 e. The van der Waals surface area contributed by atoms with E-state index in [-0.39, 0.29) is 6.03 Å². The summed E-state index contributed by atoms with van der Waals surface area (Å²) in [7, 11) is 0. The van der Waals surface area contributed by atoms with Crippen molar-refractivity contribution in [3.05, 3.63) is 40.0 Å². The summed E-state index contributed by atoms with van der Waals surface area (Å²) in [5.74, 6) is 0. The van der Waals surface area contributed by atoms with Crippen LogP contribution in [0.1, 0.15) is 38.3 Å². The number of amides is 2. The van der Waals surface area contributed by atoms with Crippen molar-refractivity contribution in [2.24, 2.45) is 0 Å². The van der Waals surface area contributed by atoms with Crippen molar-refractivity contribution >= 4 is 38.4 Å². The molecular formula is C21H27BrN4O. The molecule has 1 aromatic heterocycles. The van der Waals surface area contributed by atoms with Gasteiger partial charge in [-0.25, -0.2) is 14.9 Å². The van der Waals surface area contributed by atoms with Crippen LogP contribution in [0.15, 0.2) is 28.9 Å². The average molecular weight is 431 g/mol. The molecule has 0 radical (unpaired) electrons. The Hall–Kier alpha value is -1.79. The van der Waals surface area contributed by atoms with E-state index in [0.29, 0.717) is 19.1 Å². The maximum absolute atomic E-state index is 12.7. The van der Waals surface area contributed by atoms with E-state index in [4.69, 9.17) is 0 Å². The van der Waals surface area contributed by atoms with Crippen LogP contribution in [0, 0.1) is 0 Å². The molecule has 144 valence electrons. The third-order valence-corrected chi connectivity index (χ3v) is 6.82. The Morgan fingerprint density at radius 1 is 1.30 bits per heavy atom. The van der Waals surface area contributed by atoms with Crippen LogP contribution in [0.5, 0.6) is 0 Å². The normalized spacial score (nSPS) is 19.0. The monoisotopic (exact) mass is 430 g/mol. The number of hydrogen-bond donors (Lipinski definition) is 1. The zero-order chi connectivity index (χ0) is 19.1. The van der Waals surface area contributed by atoms with E-state index in [1.165, 1.54) is 22.1 Å². The van der Waals surface area contributed by atoms with Gasteiger partial charge >= 0.3 is 6.03 Å². The molecule has 0 unspecified atom stereocenters. The molecule has 1 atom stereocenters. The smallest absolute Gasteiger partial charge is 0.324 e. The number of rotatable bonds is 4. The number of aromatic nitrogens is 1. The van der Waals surface area contributed by atoms with Crippen LogP contribution >= 0.6 is 15.9 Å². The molecule has 0 saturated carbocycles. The van der Waals surface area contributed by atoms with Crippen LogP contribution in [0.3, 0.4) is 0 Å². The molecule has 1 aliphatic heterocycles. The molecule has 4 rings (SSSR count). The summed E-state index contributed by atoms with van der Waals surface area (Å²) in [6.07, 6.45) is 4.49. The van der Waals surface area contributed by atoms with Gasteiger partial charge < -0.3 is 4.90 Å². The summed E-state index contributed by atoms with van der Waals surface area (Å²) < 4.78 is 2.88. The Morgan fingerprint density at radius 3 is 2.78 bits per heavy atom. The molecule has 1 aromatic carbocycles. The summed E-state index contributed by atoms with van der Waals surface area (Å²) in [5, 5.41) is 1.27. The largest absolute Gasteiger partial charge is 0.336 e. The first-order chi connectivity index (χ1) is 13.1. The average Bonchev–Trinajstić information content (AvgIpc) is 2.96. The van der Waals surface area contributed by atoms with Gasteiger partial charge in [-0.05, 0) is 71.9 Å². The highest BCUT2D eigenvalue weighted by atomic mass is 79.9. The number of nitrogens with one attached hydrogen (secondary N) is 1. The molecule has 0 bridgehead atoms. The van der Waals surface area contributed by atoms with Gasteiger partial charge in [0.2, 0.25) is 0 Å². The second-order valence-corrected chi connectivity index (χ2v) is 7.94. The SMILES string of the molecule is CCN(CC)C(=O)Nn1c(Br)c2c3c(cccc31)C1=CCCN(CC)[C@@H]1C2. The molecule has 6 heteroatoms. The molecule has 2 aliphatic rings. The predicted molar refractivity (Wildman–Crippen MR) is 115 cm³/mol. The van der Waals surface area contributed by atoms with Gasteiger partial charge in [-0.1, -0.05) is 25.1 Å². The van der Waals surface area contributed by atoms with Crippen LogP contribution in [0.4, 0.5) is 4.79 Å². The number of likely N-dealkylation sites (N-methyl/N-ethyl adjacent to an activating group) is 1. The molecule has 2 amide bonds. The lowest BCUT2D eigenvalue weighted by atomic mass is 9.82. The standard InChI is InChI=1S/C21H27BrN4O/c1-4-24(5-2)21(27)23-26-17-11-7-9-15-14-10-8-12-25(6-3)18(14)13-16(19(15)17)20(26)22/h7,9-11,18H,4-6,8,12-13H2,1-3H3,(H,23,27)/t18-/m1/s1. The first-order valence-electron chi connectivity index (χ1n) is 9.92. The van der Waals surface area contributed by atoms with E-state index >= 15 is 0 Å². The van der Waals surface area contributed by atoms with E-state index in [2.05, 4.69) is 57.5 Å². The van der Waals surface area contributed by atoms with Gasteiger partial charge in [0.1, 0.15) is 4.60 Å². The zero-order valence-corrected chi connectivity index (χ0v) is 17.8. The first-order valence-corrected chi connectivity index (χ1v) is 10.7. The van der Waals surface area contributed by atoms with Crippen LogP contribution in [0.25, 0.3) is 16.5 Å². The number of nitrogens with zero attached hydrogens (tertiary/aromatic N) is 3. The van der Waals surface area contributed by atoms with Crippen molar-refractivity contribution in [1.29, 1.82) is 0 Å². The fraction of sp³-hybridized carbons (Fsp3) is 0.476. The van der Waals surface area contributed by atoms with E-state index in [9.17, 15) is 4.79 Å². The topological polar surface area (TPSA) is 40.5 Å². The van der Waals surface area contributed by atoms with E-state index in [1.54, 1.807) is 4.90 Å². The van der Waals surface area contributed by atoms with Gasteiger partial charge in [-0.15, -0.1) is 0 Å². The second kappa shape index (κ2) is 7.32. The summed E-state index contributed by atoms with van der Waals surface area (Å²) in [6.45, 7) is 9.80. The Balaban J connectivity index is 1.83. The highest BCUT2D eigenvalue weighted by molar-refractivity contribution is 9.10. The number of urea groups is 1. The van der Waals surface area contributed by atoms with Crippen molar-refractivity contribution in [1.82, 2.24) is 14.5 Å². The summed E-state index contributed by atoms with van der Waals surface area (Å²) >= 11 is 3.79. The third kappa shape index (κ3) is 2.90. The van der Waals surface area contributed by atoms with Gasteiger partial charge in [0.25, 0.3) is 0 Å². The first kappa shape index (κ1) is 18.6. The quantitative estimate of drug-likeness (QED) is 0.778. The molecule has 0 fully saturated rings. The minimum atomic E-state index is -0.0689. The fourth-order valence-corrected chi connectivity index (χ4v) is 5.22. The van der Waals surface area contributed by atoms with Gasteiger partial charge in [-0.2, -0.15) is 0 Å². The van der Waals surface area contributed by atoms with E-state index in [0.717, 1.165) is 36.1 Å². The van der Waals surface area contributed by atoms with E-state index < -0.39 is 0 Å². The highest BCUT2D eigenvalue weighted by Crippen LogP contribution is 2.44. The molecule has 0 saturated heterocycles. The second-order valence-electron chi connectivity index (χ2n) is 7.19. The summed E-state index contributed by atoms with van der Waals surface area (Å²) in [5.41, 5.74) is 8.21. The van der Waals surface area contributed by atoms with Crippen molar-refractivity contribution in [2.75, 3.05) is 31.6 Å². The van der Waals surface area contributed by atoms with Gasteiger partial charge in [0, 0.05) is 31.1 Å². The Bertz CT molecular complexity index is 913. The number of halogens is 1. The number of fused-ring (bicyclic) bond motifs is 2. The summed E-state index contributed by atoms with van der Waals surface area (Å²) in [6, 6.07) is 6.78. The number of hydrogen-bond acceptors (Lipinski definition) is 2. The van der Waals surface area contributed by atoms with E-state index in [1.807, 2.05) is 18.5 Å². The lowest BCUT2D eigenvalue weighted by molar-refractivity contribution is 0.214. The third-order valence-electron chi connectivity index (χ3n) is 5.98. The molecular weight excluding hydrogens is 404 g/mol. The molecule has 1 aliphatic carbocycles. The molecule has 1 N–H and O–H groups in total. The zero-order valence-electron chi connectivity index (χ0n) is 16.3. The lowest BCUT2D eigenvalue weighted by Gasteiger charge is -2.38. The van der Waals surface area contributed by atoms with Crippen molar-refractivity contribution < 1.29 is 4.79 Å². The molecule has 27 heavy (non-hydrogen) atoms. The van der Waals surface area contributed by atoms with Crippen LogP contribution < -0.4 is 5.43 Å². The van der Waals surface area contributed by atoms with Gasteiger partial charge in [0.05, 0.1) is 5.52 Å². The Morgan fingerprint density at radius 2 is 2.07 bits per heavy atom. The molecule has 0 spiro atoms. The number of carbonyl (C=O) groups is 1. The molecule has 5 nitrogen and oxygen atoms in total. The number of carbonyl (C=O) groups excluding carboxylic acids is 1. The highest BCUT2D eigenvalue weighted by Gasteiger charge is 2.34. The van der Waals surface area contributed by atoms with Gasteiger partial charge in [0.15, 0.2) is 0 Å². The fourth-order valence-electron chi connectivity index (χ4n) is 4.58. The van der Waals surface area contributed by atoms with Crippen LogP contribution in [-0.4, -0.2) is 52.7 Å².